The minimum atomic E-state index is -0.390. The fourth-order valence-corrected chi connectivity index (χ4v) is 2.52. The smallest absolute Gasteiger partial charge is 0.273 e. The van der Waals surface area contributed by atoms with Gasteiger partial charge < -0.3 is 4.74 Å². The Morgan fingerprint density at radius 1 is 1.24 bits per heavy atom. The van der Waals surface area contributed by atoms with Crippen molar-refractivity contribution >= 4 is 17.5 Å². The van der Waals surface area contributed by atoms with Gasteiger partial charge in [-0.15, -0.1) is 0 Å². The standard InChI is InChI=1S/C20H21NO4/c1-4-25-20-8-6-5-7-17(20)19(22)12-10-15-9-11-16(14(2)3)18(13-15)21(23)24/h5-14H,4H2,1-3H3/b12-10+. The van der Waals surface area contributed by atoms with E-state index in [-0.39, 0.29) is 22.3 Å². The second-order valence-corrected chi connectivity index (χ2v) is 5.86. The van der Waals surface area contributed by atoms with Gasteiger partial charge in [0, 0.05) is 11.6 Å². The van der Waals surface area contributed by atoms with Gasteiger partial charge in [0.15, 0.2) is 5.78 Å². The fourth-order valence-electron chi connectivity index (χ4n) is 2.52. The van der Waals surface area contributed by atoms with Gasteiger partial charge in [0.05, 0.1) is 17.1 Å². The number of nitrogens with zero attached hydrogens (tertiary/aromatic N) is 1. The third-order valence-corrected chi connectivity index (χ3v) is 3.75. The Kier molecular flexibility index (Phi) is 6.06. The Morgan fingerprint density at radius 2 is 1.96 bits per heavy atom. The van der Waals surface area contributed by atoms with Gasteiger partial charge in [-0.2, -0.15) is 0 Å². The Balaban J connectivity index is 2.29. The van der Waals surface area contributed by atoms with Crippen LogP contribution >= 0.6 is 0 Å². The molecule has 130 valence electrons. The van der Waals surface area contributed by atoms with E-state index < -0.39 is 0 Å². The summed E-state index contributed by atoms with van der Waals surface area (Å²) in [5.41, 5.74) is 1.82. The van der Waals surface area contributed by atoms with Gasteiger partial charge in [-0.3, -0.25) is 14.9 Å². The van der Waals surface area contributed by atoms with Crippen LogP contribution in [0, 0.1) is 10.1 Å². The second-order valence-electron chi connectivity index (χ2n) is 5.86. The summed E-state index contributed by atoms with van der Waals surface area (Å²) in [6.07, 6.45) is 2.99. The highest BCUT2D eigenvalue weighted by molar-refractivity contribution is 6.08. The summed E-state index contributed by atoms with van der Waals surface area (Å²) in [7, 11) is 0. The first kappa shape index (κ1) is 18.4. The topological polar surface area (TPSA) is 69.4 Å². The number of allylic oxidation sites excluding steroid dienone is 1. The Labute approximate surface area is 147 Å². The SMILES string of the molecule is CCOc1ccccc1C(=O)/C=C/c1ccc(C(C)C)c([N+](=O)[O-])c1. The van der Waals surface area contributed by atoms with Gasteiger partial charge in [0.25, 0.3) is 5.69 Å². The lowest BCUT2D eigenvalue weighted by Gasteiger charge is -2.08. The molecule has 0 heterocycles. The molecular weight excluding hydrogens is 318 g/mol. The van der Waals surface area contributed by atoms with Crippen molar-refractivity contribution in [1.82, 2.24) is 0 Å². The number of hydrogen-bond acceptors (Lipinski definition) is 4. The third kappa shape index (κ3) is 4.53. The summed E-state index contributed by atoms with van der Waals surface area (Å²) >= 11 is 0. The van der Waals surface area contributed by atoms with Crippen molar-refractivity contribution in [2.75, 3.05) is 6.61 Å². The van der Waals surface area contributed by atoms with Crippen LogP contribution in [0.15, 0.2) is 48.5 Å². The molecule has 0 amide bonds. The van der Waals surface area contributed by atoms with Crippen LogP contribution in [0.2, 0.25) is 0 Å². The van der Waals surface area contributed by atoms with E-state index >= 15 is 0 Å². The van der Waals surface area contributed by atoms with Crippen LogP contribution < -0.4 is 4.74 Å². The van der Waals surface area contributed by atoms with E-state index in [2.05, 4.69) is 0 Å². The molecule has 0 aliphatic heterocycles. The van der Waals surface area contributed by atoms with E-state index in [4.69, 9.17) is 4.74 Å². The normalized spacial score (nSPS) is 11.0. The van der Waals surface area contributed by atoms with E-state index in [9.17, 15) is 14.9 Å². The van der Waals surface area contributed by atoms with Crippen LogP contribution in [-0.4, -0.2) is 17.3 Å². The molecule has 25 heavy (non-hydrogen) atoms. The summed E-state index contributed by atoms with van der Waals surface area (Å²) in [5, 5.41) is 11.3. The maximum Gasteiger partial charge on any atom is 0.273 e. The average Bonchev–Trinajstić information content (AvgIpc) is 2.60. The number of carbonyl (C=O) groups is 1. The molecule has 0 saturated carbocycles. The van der Waals surface area contributed by atoms with Crippen LogP contribution in [0.3, 0.4) is 0 Å². The minimum absolute atomic E-state index is 0.0538. The van der Waals surface area contributed by atoms with Crippen LogP contribution in [0.1, 0.15) is 48.2 Å². The number of ketones is 1. The number of nitro groups is 1. The molecule has 5 heteroatoms. The number of ether oxygens (including phenoxy) is 1. The molecule has 2 aromatic carbocycles. The van der Waals surface area contributed by atoms with Gasteiger partial charge >= 0.3 is 0 Å². The largest absolute Gasteiger partial charge is 0.493 e. The molecule has 0 aliphatic rings. The summed E-state index contributed by atoms with van der Waals surface area (Å²) in [5.74, 6) is 0.374. The molecule has 0 unspecified atom stereocenters. The Morgan fingerprint density at radius 3 is 2.60 bits per heavy atom. The fraction of sp³-hybridized carbons (Fsp3) is 0.250. The zero-order chi connectivity index (χ0) is 18.4. The molecule has 5 nitrogen and oxygen atoms in total. The van der Waals surface area contributed by atoms with Gasteiger partial charge in [0.2, 0.25) is 0 Å². The lowest BCUT2D eigenvalue weighted by molar-refractivity contribution is -0.385. The lowest BCUT2D eigenvalue weighted by Crippen LogP contribution is -2.01. The van der Waals surface area contributed by atoms with Crippen molar-refractivity contribution in [2.45, 2.75) is 26.7 Å². The molecule has 0 N–H and O–H groups in total. The number of hydrogen-bond donors (Lipinski definition) is 0. The molecule has 0 aliphatic carbocycles. The molecule has 2 aromatic rings. The van der Waals surface area contributed by atoms with Gasteiger partial charge in [-0.05, 0) is 36.6 Å². The lowest BCUT2D eigenvalue weighted by atomic mass is 9.99. The van der Waals surface area contributed by atoms with E-state index in [1.807, 2.05) is 20.8 Å². The Hall–Kier alpha value is -2.95. The number of para-hydroxylation sites is 1. The molecule has 0 radical (unpaired) electrons. The van der Waals surface area contributed by atoms with Gasteiger partial charge in [-0.1, -0.05) is 44.2 Å². The first-order valence-electron chi connectivity index (χ1n) is 8.16. The zero-order valence-corrected chi connectivity index (χ0v) is 14.6. The highest BCUT2D eigenvalue weighted by Gasteiger charge is 2.16. The average molecular weight is 339 g/mol. The van der Waals surface area contributed by atoms with Crippen molar-refractivity contribution in [1.29, 1.82) is 0 Å². The van der Waals surface area contributed by atoms with Crippen molar-refractivity contribution in [3.8, 4) is 5.75 Å². The maximum atomic E-state index is 12.4. The quantitative estimate of drug-likeness (QED) is 0.308. The first-order valence-corrected chi connectivity index (χ1v) is 8.16. The van der Waals surface area contributed by atoms with E-state index in [1.165, 1.54) is 12.1 Å². The van der Waals surface area contributed by atoms with E-state index in [0.717, 1.165) is 0 Å². The molecule has 0 atom stereocenters. The van der Waals surface area contributed by atoms with E-state index in [0.29, 0.717) is 29.0 Å². The molecule has 0 saturated heterocycles. The van der Waals surface area contributed by atoms with Crippen molar-refractivity contribution in [3.05, 3.63) is 75.3 Å². The summed E-state index contributed by atoms with van der Waals surface area (Å²) in [4.78, 5) is 23.3. The summed E-state index contributed by atoms with van der Waals surface area (Å²) in [6, 6.07) is 12.0. The minimum Gasteiger partial charge on any atom is -0.493 e. The predicted molar refractivity (Wildman–Crippen MR) is 98.2 cm³/mol. The highest BCUT2D eigenvalue weighted by atomic mass is 16.6. The monoisotopic (exact) mass is 339 g/mol. The highest BCUT2D eigenvalue weighted by Crippen LogP contribution is 2.28. The van der Waals surface area contributed by atoms with Crippen LogP contribution in [0.5, 0.6) is 5.75 Å². The molecular formula is C20H21NO4. The number of carbonyl (C=O) groups excluding carboxylic acids is 1. The molecule has 2 rings (SSSR count). The van der Waals surface area contributed by atoms with Gasteiger partial charge in [0.1, 0.15) is 5.75 Å². The van der Waals surface area contributed by atoms with Crippen LogP contribution in [0.4, 0.5) is 5.69 Å². The molecule has 0 fully saturated rings. The van der Waals surface area contributed by atoms with Crippen molar-refractivity contribution in [3.63, 3.8) is 0 Å². The van der Waals surface area contributed by atoms with E-state index in [1.54, 1.807) is 42.5 Å². The molecule has 0 bridgehead atoms. The molecule has 0 spiro atoms. The Bertz CT molecular complexity index is 809. The molecule has 0 aromatic heterocycles. The number of benzene rings is 2. The summed E-state index contributed by atoms with van der Waals surface area (Å²) < 4.78 is 5.46. The predicted octanol–water partition coefficient (Wildman–Crippen LogP) is 5.01. The van der Waals surface area contributed by atoms with Crippen molar-refractivity contribution in [2.24, 2.45) is 0 Å². The number of rotatable bonds is 7. The summed E-state index contributed by atoms with van der Waals surface area (Å²) in [6.45, 7) is 6.14. The second kappa shape index (κ2) is 8.24. The first-order chi connectivity index (χ1) is 11.9. The third-order valence-electron chi connectivity index (χ3n) is 3.75. The van der Waals surface area contributed by atoms with Crippen LogP contribution in [0.25, 0.3) is 6.08 Å². The van der Waals surface area contributed by atoms with Gasteiger partial charge in [-0.25, -0.2) is 0 Å². The van der Waals surface area contributed by atoms with Crippen LogP contribution in [-0.2, 0) is 0 Å². The maximum absolute atomic E-state index is 12.4. The number of nitro benzene ring substituents is 1. The zero-order valence-electron chi connectivity index (χ0n) is 14.6. The van der Waals surface area contributed by atoms with Crippen molar-refractivity contribution < 1.29 is 14.5 Å².